The summed E-state index contributed by atoms with van der Waals surface area (Å²) in [7, 11) is 2.08. The van der Waals surface area contributed by atoms with Crippen LogP contribution in [-0.2, 0) is 12.6 Å². The Hall–Kier alpha value is -4.45. The third-order valence-electron chi connectivity index (χ3n) is 6.79. The van der Waals surface area contributed by atoms with Gasteiger partial charge in [-0.2, -0.15) is 0 Å². The number of hydrogen-bond acceptors (Lipinski definition) is 5. The number of anilines is 2. The van der Waals surface area contributed by atoms with E-state index in [1.165, 1.54) is 10.9 Å². The molecule has 0 unspecified atom stereocenters. The molecule has 6 heteroatoms. The summed E-state index contributed by atoms with van der Waals surface area (Å²) in [6.07, 6.45) is 11.4. The zero-order chi connectivity index (χ0) is 23.8. The smallest absolute Gasteiger partial charge is 0.0884 e. The van der Waals surface area contributed by atoms with E-state index in [-0.39, 0.29) is 0 Å². The van der Waals surface area contributed by atoms with Crippen molar-refractivity contribution in [2.75, 3.05) is 17.2 Å². The minimum absolute atomic E-state index is 0.540. The Morgan fingerprint density at radius 2 is 1.71 bits per heavy atom. The largest absolute Gasteiger partial charge is 0.378 e. The molecule has 1 aliphatic rings. The topological polar surface area (TPSA) is 67.1 Å². The monoisotopic (exact) mass is 458 g/mol. The van der Waals surface area contributed by atoms with E-state index in [4.69, 9.17) is 4.99 Å². The molecule has 0 spiro atoms. The number of nitrogens with zero attached hydrogens (tertiary/aromatic N) is 4. The fraction of sp³-hybridized carbons (Fsp3) is 0.138. The first-order valence-corrected chi connectivity index (χ1v) is 11.7. The molecule has 35 heavy (non-hydrogen) atoms. The van der Waals surface area contributed by atoms with Crippen molar-refractivity contribution >= 4 is 34.2 Å². The van der Waals surface area contributed by atoms with E-state index in [1.54, 1.807) is 12.4 Å². The van der Waals surface area contributed by atoms with Gasteiger partial charge in [0.25, 0.3) is 0 Å². The van der Waals surface area contributed by atoms with Crippen molar-refractivity contribution in [2.24, 2.45) is 12.0 Å². The van der Waals surface area contributed by atoms with E-state index in [0.29, 0.717) is 6.54 Å². The van der Waals surface area contributed by atoms with Gasteiger partial charge in [-0.1, -0.05) is 24.3 Å². The molecular formula is C29H26N6. The first kappa shape index (κ1) is 21.1. The lowest BCUT2D eigenvalue weighted by atomic mass is 9.86. The van der Waals surface area contributed by atoms with E-state index >= 15 is 0 Å². The second kappa shape index (κ2) is 8.40. The Morgan fingerprint density at radius 1 is 0.943 bits per heavy atom. The van der Waals surface area contributed by atoms with Crippen LogP contribution in [0.4, 0.5) is 17.1 Å². The summed E-state index contributed by atoms with van der Waals surface area (Å²) >= 11 is 0. The molecule has 0 radical (unpaired) electrons. The highest BCUT2D eigenvalue weighted by atomic mass is 15.0. The van der Waals surface area contributed by atoms with Crippen molar-refractivity contribution in [3.63, 3.8) is 0 Å². The van der Waals surface area contributed by atoms with Crippen molar-refractivity contribution in [3.05, 3.63) is 103 Å². The van der Waals surface area contributed by atoms with E-state index in [9.17, 15) is 0 Å². The highest BCUT2D eigenvalue weighted by Crippen LogP contribution is 2.43. The molecule has 4 heterocycles. The van der Waals surface area contributed by atoms with Gasteiger partial charge in [-0.15, -0.1) is 0 Å². The van der Waals surface area contributed by atoms with Gasteiger partial charge >= 0.3 is 0 Å². The number of rotatable bonds is 5. The number of fused-ring (bicyclic) bond motifs is 2. The number of benzene rings is 2. The van der Waals surface area contributed by atoms with Gasteiger partial charge in [0.05, 0.1) is 23.5 Å². The summed E-state index contributed by atoms with van der Waals surface area (Å²) < 4.78 is 2.15. The maximum absolute atomic E-state index is 4.73. The van der Waals surface area contributed by atoms with Crippen molar-refractivity contribution < 1.29 is 0 Å². The minimum atomic E-state index is -0.540. The Kier molecular flexibility index (Phi) is 5.07. The molecule has 0 bridgehead atoms. The molecule has 0 amide bonds. The van der Waals surface area contributed by atoms with Crippen LogP contribution in [0.25, 0.3) is 22.0 Å². The van der Waals surface area contributed by atoms with E-state index < -0.39 is 5.54 Å². The lowest BCUT2D eigenvalue weighted by molar-refractivity contribution is 0.653. The van der Waals surface area contributed by atoms with Crippen LogP contribution < -0.4 is 10.6 Å². The summed E-state index contributed by atoms with van der Waals surface area (Å²) in [5, 5.41) is 8.57. The third kappa shape index (κ3) is 3.73. The molecule has 2 aromatic carbocycles. The lowest BCUT2D eigenvalue weighted by Gasteiger charge is -2.33. The Morgan fingerprint density at radius 3 is 2.43 bits per heavy atom. The maximum Gasteiger partial charge on any atom is 0.0884 e. The van der Waals surface area contributed by atoms with Gasteiger partial charge in [-0.05, 0) is 65.4 Å². The number of hydrogen-bond donors (Lipinski definition) is 2. The van der Waals surface area contributed by atoms with Gasteiger partial charge < -0.3 is 15.2 Å². The zero-order valence-electron chi connectivity index (χ0n) is 19.7. The number of pyridine rings is 2. The van der Waals surface area contributed by atoms with Crippen molar-refractivity contribution in [1.82, 2.24) is 14.5 Å². The number of nitrogens with one attached hydrogen (secondary N) is 2. The van der Waals surface area contributed by atoms with Gasteiger partial charge in [0.2, 0.25) is 0 Å². The van der Waals surface area contributed by atoms with E-state index in [2.05, 4.69) is 93.9 Å². The zero-order valence-corrected chi connectivity index (χ0v) is 19.7. The molecular weight excluding hydrogens is 432 g/mol. The first-order valence-electron chi connectivity index (χ1n) is 11.7. The van der Waals surface area contributed by atoms with Gasteiger partial charge in [0, 0.05) is 61.0 Å². The van der Waals surface area contributed by atoms with E-state index in [0.717, 1.165) is 39.3 Å². The van der Waals surface area contributed by atoms with Crippen molar-refractivity contribution in [3.8, 4) is 11.1 Å². The Balaban J connectivity index is 1.51. The molecule has 0 aliphatic carbocycles. The average Bonchev–Trinajstić information content (AvgIpc) is 3.29. The molecule has 6 rings (SSSR count). The average molecular weight is 459 g/mol. The SMILES string of the molecule is Cn1ccc2ccc(-c3cc(NC(C)(c4cccnc4)c4cccnc4)cc4c3NCC=N4)cc21. The molecule has 1 aliphatic heterocycles. The molecule has 5 aromatic rings. The standard InChI is InChI=1S/C29H26N6/c1-29(22-5-3-10-30-18-22,23-6-4-11-31-19-23)34-24-16-25(28-26(17-24)32-12-13-33-28)21-8-7-20-9-14-35(2)27(20)15-21/h3-12,14-19,33-34H,13H2,1-2H3. The Labute approximate surface area is 204 Å². The third-order valence-corrected chi connectivity index (χ3v) is 6.79. The van der Waals surface area contributed by atoms with Crippen LogP contribution in [0.1, 0.15) is 18.1 Å². The van der Waals surface area contributed by atoms with Crippen LogP contribution in [0.5, 0.6) is 0 Å². The molecule has 172 valence electrons. The maximum atomic E-state index is 4.73. The van der Waals surface area contributed by atoms with Gasteiger partial charge in [-0.3, -0.25) is 15.0 Å². The minimum Gasteiger partial charge on any atom is -0.378 e. The van der Waals surface area contributed by atoms with Crippen LogP contribution in [0.15, 0.2) is 96.6 Å². The highest BCUT2D eigenvalue weighted by Gasteiger charge is 2.30. The fourth-order valence-corrected chi connectivity index (χ4v) is 4.85. The normalized spacial score (nSPS) is 12.9. The van der Waals surface area contributed by atoms with Crippen molar-refractivity contribution in [2.45, 2.75) is 12.5 Å². The quantitative estimate of drug-likeness (QED) is 0.332. The van der Waals surface area contributed by atoms with E-state index in [1.807, 2.05) is 30.7 Å². The van der Waals surface area contributed by atoms with Crippen LogP contribution in [0.2, 0.25) is 0 Å². The second-order valence-corrected chi connectivity index (χ2v) is 9.04. The molecule has 0 saturated carbocycles. The molecule has 6 nitrogen and oxygen atoms in total. The van der Waals surface area contributed by atoms with Crippen LogP contribution in [-0.4, -0.2) is 27.3 Å². The van der Waals surface area contributed by atoms with Crippen molar-refractivity contribution in [1.29, 1.82) is 0 Å². The molecule has 0 saturated heterocycles. The van der Waals surface area contributed by atoms with Crippen LogP contribution >= 0.6 is 0 Å². The molecule has 0 fully saturated rings. The predicted molar refractivity (Wildman–Crippen MR) is 144 cm³/mol. The predicted octanol–water partition coefficient (Wildman–Crippen LogP) is 6.14. The molecule has 0 atom stereocenters. The molecule has 2 N–H and O–H groups in total. The Bertz CT molecular complexity index is 1500. The highest BCUT2D eigenvalue weighted by molar-refractivity contribution is 5.96. The summed E-state index contributed by atoms with van der Waals surface area (Å²) in [5.41, 5.74) is 7.98. The number of aromatic nitrogens is 3. The lowest BCUT2D eigenvalue weighted by Crippen LogP contribution is -2.33. The van der Waals surface area contributed by atoms with Crippen LogP contribution in [0, 0.1) is 0 Å². The van der Waals surface area contributed by atoms with Gasteiger partial charge in [0.15, 0.2) is 0 Å². The fourth-order valence-electron chi connectivity index (χ4n) is 4.85. The second-order valence-electron chi connectivity index (χ2n) is 9.04. The summed E-state index contributed by atoms with van der Waals surface area (Å²) in [5.74, 6) is 0. The van der Waals surface area contributed by atoms with Gasteiger partial charge in [0.1, 0.15) is 0 Å². The summed E-state index contributed by atoms with van der Waals surface area (Å²) in [6, 6.07) is 21.2. The molecule has 3 aromatic heterocycles. The summed E-state index contributed by atoms with van der Waals surface area (Å²) in [6.45, 7) is 2.87. The van der Waals surface area contributed by atoms with Gasteiger partial charge in [-0.25, -0.2) is 0 Å². The van der Waals surface area contributed by atoms with Crippen LogP contribution in [0.3, 0.4) is 0 Å². The number of aryl methyl sites for hydroxylation is 1. The summed E-state index contributed by atoms with van der Waals surface area (Å²) in [4.78, 5) is 13.5. The number of aliphatic imine (C=N–C) groups is 1. The first-order chi connectivity index (χ1) is 17.1.